The van der Waals surface area contributed by atoms with E-state index in [1.165, 1.54) is 12.3 Å². The maximum absolute atomic E-state index is 14.8. The molecule has 0 spiro atoms. The number of hydrogen-bond donors (Lipinski definition) is 1. The number of ether oxygens (including phenoxy) is 1. The van der Waals surface area contributed by atoms with Gasteiger partial charge < -0.3 is 15.0 Å². The van der Waals surface area contributed by atoms with Crippen LogP contribution < -0.4 is 10.1 Å². The van der Waals surface area contributed by atoms with Gasteiger partial charge in [-0.05, 0) is 30.3 Å². The summed E-state index contributed by atoms with van der Waals surface area (Å²) in [7, 11) is 2.12. The molecule has 4 rings (SSSR count). The van der Waals surface area contributed by atoms with Gasteiger partial charge in [-0.3, -0.25) is 9.69 Å². The van der Waals surface area contributed by atoms with Gasteiger partial charge in [0.25, 0.3) is 0 Å². The number of halogens is 2. The fourth-order valence-electron chi connectivity index (χ4n) is 3.87. The third-order valence-corrected chi connectivity index (χ3v) is 5.96. The first-order valence-electron chi connectivity index (χ1n) is 11.6. The largest absolute Gasteiger partial charge is 0.492 e. The van der Waals surface area contributed by atoms with Crippen LogP contribution >= 0.6 is 0 Å². The SMILES string of the molecule is CN1CCN(CCOc2ccc(-c3ccc(CC(=O)NCc4nccc(F)n4)cc3)c(F)c2)CC1. The molecule has 1 aliphatic rings. The number of hydrogen-bond acceptors (Lipinski definition) is 6. The first kappa shape index (κ1) is 24.7. The van der Waals surface area contributed by atoms with Crippen LogP contribution in [0.3, 0.4) is 0 Å². The highest BCUT2D eigenvalue weighted by molar-refractivity contribution is 5.78. The average molecular weight is 482 g/mol. The third-order valence-electron chi connectivity index (χ3n) is 5.96. The van der Waals surface area contributed by atoms with Crippen molar-refractivity contribution in [1.82, 2.24) is 25.1 Å². The molecule has 9 heteroatoms. The van der Waals surface area contributed by atoms with Gasteiger partial charge in [0.05, 0.1) is 13.0 Å². The first-order valence-corrected chi connectivity index (χ1v) is 11.6. The van der Waals surface area contributed by atoms with Crippen LogP contribution in [0, 0.1) is 11.8 Å². The Morgan fingerprint density at radius 3 is 2.54 bits per heavy atom. The van der Waals surface area contributed by atoms with E-state index in [9.17, 15) is 13.6 Å². The van der Waals surface area contributed by atoms with E-state index >= 15 is 0 Å². The highest BCUT2D eigenvalue weighted by Gasteiger charge is 2.14. The number of carbonyl (C=O) groups excluding carboxylic acids is 1. The number of benzene rings is 2. The van der Waals surface area contributed by atoms with Crippen molar-refractivity contribution in [2.24, 2.45) is 0 Å². The lowest BCUT2D eigenvalue weighted by Crippen LogP contribution is -2.45. The molecular weight excluding hydrogens is 452 g/mol. The van der Waals surface area contributed by atoms with Crippen LogP contribution in [0.25, 0.3) is 11.1 Å². The molecule has 184 valence electrons. The third kappa shape index (κ3) is 7.27. The minimum absolute atomic E-state index is 0.0453. The van der Waals surface area contributed by atoms with E-state index in [0.717, 1.165) is 44.4 Å². The molecule has 35 heavy (non-hydrogen) atoms. The number of likely N-dealkylation sites (N-methyl/N-ethyl adjacent to an activating group) is 1. The number of nitrogens with zero attached hydrogens (tertiary/aromatic N) is 4. The Bertz CT molecular complexity index is 1130. The number of rotatable bonds is 9. The van der Waals surface area contributed by atoms with Gasteiger partial charge in [-0.25, -0.2) is 14.4 Å². The topological polar surface area (TPSA) is 70.6 Å². The highest BCUT2D eigenvalue weighted by atomic mass is 19.1. The van der Waals surface area contributed by atoms with Crippen molar-refractivity contribution in [3.05, 3.63) is 77.9 Å². The molecule has 0 unspecified atom stereocenters. The first-order chi connectivity index (χ1) is 17.0. The van der Waals surface area contributed by atoms with E-state index in [-0.39, 0.29) is 30.5 Å². The van der Waals surface area contributed by atoms with Crippen molar-refractivity contribution in [2.75, 3.05) is 46.4 Å². The summed E-state index contributed by atoms with van der Waals surface area (Å²) in [5.74, 6) is -0.526. The molecule has 0 saturated carbocycles. The lowest BCUT2D eigenvalue weighted by atomic mass is 10.0. The molecule has 0 atom stereocenters. The summed E-state index contributed by atoms with van der Waals surface area (Å²) < 4.78 is 33.6. The summed E-state index contributed by atoms with van der Waals surface area (Å²) in [6.45, 7) is 5.53. The quantitative estimate of drug-likeness (QED) is 0.474. The summed E-state index contributed by atoms with van der Waals surface area (Å²) in [4.78, 5) is 24.3. The molecule has 3 aromatic rings. The standard InChI is InChI=1S/C26H29F2N5O2/c1-32-10-12-33(13-11-32)14-15-35-21-6-7-22(23(27)17-21)20-4-2-19(3-5-20)16-26(34)30-18-25-29-9-8-24(28)31-25/h2-9,17H,10-16,18H2,1H3,(H,30,34). The van der Waals surface area contributed by atoms with Crippen LogP contribution in [0.4, 0.5) is 8.78 Å². The Kier molecular flexibility index (Phi) is 8.33. The van der Waals surface area contributed by atoms with Crippen molar-refractivity contribution < 1.29 is 18.3 Å². The monoisotopic (exact) mass is 481 g/mol. The van der Waals surface area contributed by atoms with Crippen LogP contribution in [0.2, 0.25) is 0 Å². The predicted octanol–water partition coefficient (Wildman–Crippen LogP) is 2.91. The number of aromatic nitrogens is 2. The fraction of sp³-hybridized carbons (Fsp3) is 0.346. The Morgan fingerprint density at radius 1 is 1.06 bits per heavy atom. The summed E-state index contributed by atoms with van der Waals surface area (Å²) in [6.07, 6.45) is 1.44. The molecule has 1 amide bonds. The maximum Gasteiger partial charge on any atom is 0.224 e. The lowest BCUT2D eigenvalue weighted by Gasteiger charge is -2.32. The van der Waals surface area contributed by atoms with Gasteiger partial charge in [-0.1, -0.05) is 24.3 Å². The number of piperazine rings is 1. The van der Waals surface area contributed by atoms with Crippen LogP contribution in [0.15, 0.2) is 54.7 Å². The van der Waals surface area contributed by atoms with E-state index in [1.807, 2.05) is 0 Å². The minimum Gasteiger partial charge on any atom is -0.492 e. The Morgan fingerprint density at radius 2 is 1.83 bits per heavy atom. The van der Waals surface area contributed by atoms with Crippen molar-refractivity contribution in [1.29, 1.82) is 0 Å². The van der Waals surface area contributed by atoms with E-state index in [2.05, 4.69) is 32.1 Å². The Labute approximate surface area is 203 Å². The van der Waals surface area contributed by atoms with Gasteiger partial charge in [0, 0.05) is 56.6 Å². The summed E-state index contributed by atoms with van der Waals surface area (Å²) in [5.41, 5.74) is 1.95. The molecule has 1 aliphatic heterocycles. The second-order valence-corrected chi connectivity index (χ2v) is 8.58. The number of nitrogens with one attached hydrogen (secondary N) is 1. The molecule has 1 fully saturated rings. The fourth-order valence-corrected chi connectivity index (χ4v) is 3.87. The average Bonchev–Trinajstić information content (AvgIpc) is 2.85. The van der Waals surface area contributed by atoms with Crippen LogP contribution in [0.1, 0.15) is 11.4 Å². The van der Waals surface area contributed by atoms with Crippen LogP contribution in [-0.4, -0.2) is 72.1 Å². The molecule has 2 heterocycles. The van der Waals surface area contributed by atoms with Crippen molar-refractivity contribution >= 4 is 5.91 Å². The van der Waals surface area contributed by atoms with Crippen molar-refractivity contribution in [2.45, 2.75) is 13.0 Å². The second kappa shape index (κ2) is 11.8. The zero-order valence-corrected chi connectivity index (χ0v) is 19.7. The van der Waals surface area contributed by atoms with Crippen molar-refractivity contribution in [3.63, 3.8) is 0 Å². The smallest absolute Gasteiger partial charge is 0.224 e. The van der Waals surface area contributed by atoms with Gasteiger partial charge in [0.15, 0.2) is 5.82 Å². The van der Waals surface area contributed by atoms with Gasteiger partial charge in [-0.15, -0.1) is 0 Å². The molecular formula is C26H29F2N5O2. The molecule has 0 aliphatic carbocycles. The minimum atomic E-state index is -0.641. The lowest BCUT2D eigenvalue weighted by molar-refractivity contribution is -0.120. The van der Waals surface area contributed by atoms with Gasteiger partial charge in [-0.2, -0.15) is 4.39 Å². The molecule has 1 N–H and O–H groups in total. The van der Waals surface area contributed by atoms with Gasteiger partial charge in [0.2, 0.25) is 11.9 Å². The van der Waals surface area contributed by atoms with Crippen molar-refractivity contribution in [3.8, 4) is 16.9 Å². The number of carbonyl (C=O) groups is 1. The molecule has 0 bridgehead atoms. The van der Waals surface area contributed by atoms with E-state index in [4.69, 9.17) is 4.74 Å². The van der Waals surface area contributed by atoms with Gasteiger partial charge in [0.1, 0.15) is 18.2 Å². The number of amides is 1. The molecule has 0 radical (unpaired) electrons. The zero-order valence-electron chi connectivity index (χ0n) is 19.7. The molecule has 7 nitrogen and oxygen atoms in total. The summed E-state index contributed by atoms with van der Waals surface area (Å²) in [5, 5.41) is 2.67. The Hall–Kier alpha value is -3.43. The van der Waals surface area contributed by atoms with E-state index in [0.29, 0.717) is 23.5 Å². The molecule has 2 aromatic carbocycles. The predicted molar refractivity (Wildman–Crippen MR) is 129 cm³/mol. The van der Waals surface area contributed by atoms with Crippen LogP contribution in [0.5, 0.6) is 5.75 Å². The highest BCUT2D eigenvalue weighted by Crippen LogP contribution is 2.26. The normalized spacial score (nSPS) is 14.6. The maximum atomic E-state index is 14.8. The van der Waals surface area contributed by atoms with Crippen LogP contribution in [-0.2, 0) is 17.8 Å². The van der Waals surface area contributed by atoms with E-state index < -0.39 is 5.95 Å². The summed E-state index contributed by atoms with van der Waals surface area (Å²) in [6, 6.07) is 13.2. The Balaban J connectivity index is 1.26. The molecule has 1 aromatic heterocycles. The van der Waals surface area contributed by atoms with E-state index in [1.54, 1.807) is 36.4 Å². The van der Waals surface area contributed by atoms with Gasteiger partial charge >= 0.3 is 0 Å². The second-order valence-electron chi connectivity index (χ2n) is 8.58. The molecule has 1 saturated heterocycles. The summed E-state index contributed by atoms with van der Waals surface area (Å²) >= 11 is 0. The zero-order chi connectivity index (χ0) is 24.6.